The second-order valence-corrected chi connectivity index (χ2v) is 7.48. The van der Waals surface area contributed by atoms with Gasteiger partial charge in [-0.3, -0.25) is 4.99 Å². The van der Waals surface area contributed by atoms with Crippen LogP contribution in [-0.4, -0.2) is 22.0 Å². The molecule has 0 unspecified atom stereocenters. The van der Waals surface area contributed by atoms with Crippen LogP contribution < -0.4 is 4.80 Å². The first-order valence-corrected chi connectivity index (χ1v) is 9.55. The molecule has 1 aromatic carbocycles. The summed E-state index contributed by atoms with van der Waals surface area (Å²) in [6, 6.07) is 11.2. The van der Waals surface area contributed by atoms with E-state index >= 15 is 0 Å². The summed E-state index contributed by atoms with van der Waals surface area (Å²) in [6.07, 6.45) is 0. The summed E-state index contributed by atoms with van der Waals surface area (Å²) >= 11 is 3.25. The second-order valence-electron chi connectivity index (χ2n) is 5.70. The van der Waals surface area contributed by atoms with Gasteiger partial charge in [-0.1, -0.05) is 18.2 Å². The number of aromatic nitrogens is 1. The van der Waals surface area contributed by atoms with Crippen LogP contribution in [0.3, 0.4) is 0 Å². The molecule has 128 valence electrons. The minimum atomic E-state index is 0.246. The van der Waals surface area contributed by atoms with Crippen molar-refractivity contribution in [3.8, 4) is 16.3 Å². The Labute approximate surface area is 154 Å². The van der Waals surface area contributed by atoms with E-state index in [1.54, 1.807) is 34.8 Å². The van der Waals surface area contributed by atoms with E-state index in [0.717, 1.165) is 32.2 Å². The van der Waals surface area contributed by atoms with Gasteiger partial charge in [0.25, 0.3) is 0 Å². The van der Waals surface area contributed by atoms with Crippen LogP contribution in [0.25, 0.3) is 10.6 Å². The normalized spacial score (nSPS) is 12.6. The molecule has 25 heavy (non-hydrogen) atoms. The Balaban J connectivity index is 2.10. The molecular weight excluding hydrogens is 350 g/mol. The van der Waals surface area contributed by atoms with Gasteiger partial charge in [-0.05, 0) is 55.1 Å². The fraction of sp³-hybridized carbons (Fsp3) is 0.158. The lowest BCUT2D eigenvalue weighted by Gasteiger charge is -2.05. The Morgan fingerprint density at radius 2 is 1.92 bits per heavy atom. The van der Waals surface area contributed by atoms with Gasteiger partial charge in [0.2, 0.25) is 4.80 Å². The van der Waals surface area contributed by atoms with Crippen LogP contribution in [0.5, 0.6) is 5.75 Å². The third-order valence-electron chi connectivity index (χ3n) is 3.48. The van der Waals surface area contributed by atoms with Gasteiger partial charge in [-0.25, -0.2) is 4.68 Å². The lowest BCUT2D eigenvalue weighted by atomic mass is 10.1. The van der Waals surface area contributed by atoms with Crippen molar-refractivity contribution < 1.29 is 5.11 Å². The monoisotopic (exact) mass is 369 g/mol. The minimum Gasteiger partial charge on any atom is -0.508 e. The summed E-state index contributed by atoms with van der Waals surface area (Å²) in [4.78, 5) is 6.62. The Hall–Kier alpha value is -2.44. The van der Waals surface area contributed by atoms with E-state index < -0.39 is 0 Å². The summed E-state index contributed by atoms with van der Waals surface area (Å²) in [6.45, 7) is 8.42. The molecule has 0 aliphatic rings. The van der Waals surface area contributed by atoms with Crippen LogP contribution >= 0.6 is 22.7 Å². The van der Waals surface area contributed by atoms with Gasteiger partial charge >= 0.3 is 0 Å². The Morgan fingerprint density at radius 3 is 2.56 bits per heavy atom. The smallest absolute Gasteiger partial charge is 0.206 e. The molecule has 3 rings (SSSR count). The molecule has 3 aromatic rings. The average Bonchev–Trinajstić information content (AvgIpc) is 3.23. The first kappa shape index (κ1) is 17.4. The van der Waals surface area contributed by atoms with Gasteiger partial charge in [0.1, 0.15) is 5.75 Å². The van der Waals surface area contributed by atoms with Gasteiger partial charge in [0.05, 0.1) is 22.8 Å². The minimum absolute atomic E-state index is 0.246. The lowest BCUT2D eigenvalue weighted by molar-refractivity contribution is 0.475. The number of nitrogens with zero attached hydrogens (tertiary/aromatic N) is 3. The number of aromatic hydroxyl groups is 1. The average molecular weight is 370 g/mol. The molecule has 1 N–H and O–H groups in total. The van der Waals surface area contributed by atoms with Gasteiger partial charge in [-0.2, -0.15) is 5.10 Å². The van der Waals surface area contributed by atoms with Crippen molar-refractivity contribution in [2.75, 3.05) is 6.54 Å². The highest BCUT2D eigenvalue weighted by atomic mass is 32.1. The molecule has 0 amide bonds. The SMILES string of the molecule is C=C(C)CN=c1scc(-c2cccs2)n1N=C(C)c1ccc(O)cc1. The largest absolute Gasteiger partial charge is 0.508 e. The van der Waals surface area contributed by atoms with Gasteiger partial charge in [0, 0.05) is 5.38 Å². The van der Waals surface area contributed by atoms with Gasteiger partial charge < -0.3 is 5.11 Å². The predicted molar refractivity (Wildman–Crippen MR) is 107 cm³/mol. The van der Waals surface area contributed by atoms with Crippen LogP contribution in [0.4, 0.5) is 0 Å². The van der Waals surface area contributed by atoms with E-state index in [2.05, 4.69) is 28.4 Å². The Bertz CT molecular complexity index is 961. The van der Waals surface area contributed by atoms with Crippen LogP contribution in [-0.2, 0) is 0 Å². The first-order valence-electron chi connectivity index (χ1n) is 7.79. The molecule has 0 bridgehead atoms. The van der Waals surface area contributed by atoms with Crippen molar-refractivity contribution in [3.05, 3.63) is 69.7 Å². The number of benzene rings is 1. The van der Waals surface area contributed by atoms with Crippen molar-refractivity contribution in [1.82, 2.24) is 4.68 Å². The van der Waals surface area contributed by atoms with Crippen molar-refractivity contribution in [2.45, 2.75) is 13.8 Å². The molecule has 0 spiro atoms. The summed E-state index contributed by atoms with van der Waals surface area (Å²) < 4.78 is 1.89. The fourth-order valence-electron chi connectivity index (χ4n) is 2.21. The second kappa shape index (κ2) is 7.63. The van der Waals surface area contributed by atoms with Gasteiger partial charge in [0.15, 0.2) is 0 Å². The highest BCUT2D eigenvalue weighted by Crippen LogP contribution is 2.25. The molecule has 0 saturated heterocycles. The van der Waals surface area contributed by atoms with Crippen molar-refractivity contribution in [1.29, 1.82) is 0 Å². The molecule has 0 aliphatic carbocycles. The summed E-state index contributed by atoms with van der Waals surface area (Å²) in [5.74, 6) is 0.246. The number of hydrogen-bond acceptors (Lipinski definition) is 5. The van der Waals surface area contributed by atoms with E-state index in [9.17, 15) is 5.11 Å². The van der Waals surface area contributed by atoms with E-state index in [4.69, 9.17) is 5.10 Å². The highest BCUT2D eigenvalue weighted by molar-refractivity contribution is 7.14. The van der Waals surface area contributed by atoms with E-state index in [1.807, 2.05) is 36.7 Å². The summed E-state index contributed by atoms with van der Waals surface area (Å²) in [5.41, 5.74) is 3.85. The van der Waals surface area contributed by atoms with Crippen molar-refractivity contribution in [3.63, 3.8) is 0 Å². The molecule has 0 saturated carbocycles. The molecule has 6 heteroatoms. The fourth-order valence-corrected chi connectivity index (χ4v) is 3.84. The highest BCUT2D eigenvalue weighted by Gasteiger charge is 2.09. The number of thiazole rings is 1. The standard InChI is InChI=1S/C19H19N3OS2/c1-13(2)11-20-19-22(17(12-25-19)18-5-4-10-24-18)21-14(3)15-6-8-16(23)9-7-15/h4-10,12,23H,1,11H2,2-3H3. The molecule has 0 fully saturated rings. The van der Waals surface area contributed by atoms with Crippen LogP contribution in [0.15, 0.2) is 69.4 Å². The number of rotatable bonds is 5. The molecule has 0 aliphatic heterocycles. The maximum absolute atomic E-state index is 9.47. The zero-order valence-corrected chi connectivity index (χ0v) is 15.8. The quantitative estimate of drug-likeness (QED) is 0.513. The molecule has 2 aromatic heterocycles. The maximum atomic E-state index is 9.47. The van der Waals surface area contributed by atoms with E-state index in [0.29, 0.717) is 6.54 Å². The third kappa shape index (κ3) is 4.15. The predicted octanol–water partition coefficient (Wildman–Crippen LogP) is 4.73. The Kier molecular flexibility index (Phi) is 5.31. The van der Waals surface area contributed by atoms with Crippen LogP contribution in [0, 0.1) is 0 Å². The molecule has 4 nitrogen and oxygen atoms in total. The maximum Gasteiger partial charge on any atom is 0.206 e. The van der Waals surface area contributed by atoms with Crippen LogP contribution in [0.2, 0.25) is 0 Å². The molecule has 0 atom stereocenters. The summed E-state index contributed by atoms with van der Waals surface area (Å²) in [7, 11) is 0. The van der Waals surface area contributed by atoms with Crippen LogP contribution in [0.1, 0.15) is 19.4 Å². The molecule has 0 radical (unpaired) electrons. The number of hydrogen-bond donors (Lipinski definition) is 1. The number of thiophene rings is 1. The zero-order valence-electron chi connectivity index (χ0n) is 14.1. The number of phenolic OH excluding ortho intramolecular Hbond substituents is 1. The first-order chi connectivity index (χ1) is 12.0. The van der Waals surface area contributed by atoms with Gasteiger partial charge in [-0.15, -0.1) is 22.7 Å². The van der Waals surface area contributed by atoms with Crippen molar-refractivity contribution in [2.24, 2.45) is 10.1 Å². The molecule has 2 heterocycles. The number of phenols is 1. The summed E-state index contributed by atoms with van der Waals surface area (Å²) in [5, 5.41) is 18.4. The Morgan fingerprint density at radius 1 is 1.16 bits per heavy atom. The molecular formula is C19H19N3OS2. The van der Waals surface area contributed by atoms with E-state index in [1.165, 1.54) is 0 Å². The topological polar surface area (TPSA) is 49.9 Å². The lowest BCUT2D eigenvalue weighted by Crippen LogP contribution is -2.14. The van der Waals surface area contributed by atoms with E-state index in [-0.39, 0.29) is 5.75 Å². The van der Waals surface area contributed by atoms with Crippen molar-refractivity contribution >= 4 is 28.4 Å². The zero-order chi connectivity index (χ0) is 17.8. The third-order valence-corrected chi connectivity index (χ3v) is 5.22.